The molecule has 1 aromatic heterocycles. The fourth-order valence-electron chi connectivity index (χ4n) is 4.92. The van der Waals surface area contributed by atoms with Gasteiger partial charge in [-0.05, 0) is 25.8 Å². The smallest absolute Gasteiger partial charge is 0.223 e. The Hall–Kier alpha value is -1.67. The molecule has 0 saturated carbocycles. The van der Waals surface area contributed by atoms with Gasteiger partial charge in [0.15, 0.2) is 9.84 Å². The van der Waals surface area contributed by atoms with Crippen molar-refractivity contribution in [3.8, 4) is 0 Å². The number of carbonyl (C=O) groups excluding carboxylic acids is 1. The van der Waals surface area contributed by atoms with E-state index in [4.69, 9.17) is 0 Å². The molecule has 8 heteroatoms. The van der Waals surface area contributed by atoms with Crippen LogP contribution in [0.4, 0.5) is 0 Å². The van der Waals surface area contributed by atoms with E-state index in [0.717, 1.165) is 38.8 Å². The number of hydrogen-bond donors (Lipinski definition) is 1. The minimum atomic E-state index is -3.10. The van der Waals surface area contributed by atoms with E-state index in [1.165, 1.54) is 16.8 Å². The number of piperidine rings is 1. The van der Waals surface area contributed by atoms with Gasteiger partial charge >= 0.3 is 0 Å². The maximum Gasteiger partial charge on any atom is 0.223 e. The molecule has 4 heterocycles. The third-order valence-corrected chi connectivity index (χ3v) is 7.74. The molecule has 1 spiro atoms. The van der Waals surface area contributed by atoms with Gasteiger partial charge in [-0.1, -0.05) is 13.0 Å². The zero-order valence-electron chi connectivity index (χ0n) is 15.9. The fraction of sp³-hybridized carbons (Fsp3) is 0.684. The van der Waals surface area contributed by atoms with Gasteiger partial charge in [-0.2, -0.15) is 0 Å². The number of nitrogens with one attached hydrogen (secondary N) is 1. The number of amides is 1. The van der Waals surface area contributed by atoms with Crippen LogP contribution in [0.1, 0.15) is 44.0 Å². The lowest BCUT2D eigenvalue weighted by molar-refractivity contribution is -0.135. The van der Waals surface area contributed by atoms with Crippen LogP contribution in [-0.2, 0) is 26.6 Å². The van der Waals surface area contributed by atoms with Crippen molar-refractivity contribution in [3.05, 3.63) is 29.2 Å². The lowest BCUT2D eigenvalue weighted by atomic mass is 9.78. The molecule has 7 nitrogen and oxygen atoms in total. The van der Waals surface area contributed by atoms with E-state index < -0.39 is 9.84 Å². The van der Waals surface area contributed by atoms with E-state index in [2.05, 4.69) is 21.8 Å². The number of H-pyrrole nitrogens is 1. The summed E-state index contributed by atoms with van der Waals surface area (Å²) in [5, 5.41) is 1.25. The quantitative estimate of drug-likeness (QED) is 0.838. The highest BCUT2D eigenvalue weighted by Gasteiger charge is 2.46. The van der Waals surface area contributed by atoms with Gasteiger partial charge in [-0.25, -0.2) is 13.4 Å². The van der Waals surface area contributed by atoms with E-state index in [1.54, 1.807) is 12.4 Å². The summed E-state index contributed by atoms with van der Waals surface area (Å²) in [5.74, 6) is -0.0449. The van der Waals surface area contributed by atoms with Crippen molar-refractivity contribution in [1.29, 1.82) is 0 Å². The Morgan fingerprint density at radius 3 is 2.78 bits per heavy atom. The van der Waals surface area contributed by atoms with Gasteiger partial charge in [0, 0.05) is 49.5 Å². The summed E-state index contributed by atoms with van der Waals surface area (Å²) >= 11 is 0. The molecule has 1 fully saturated rings. The molecular weight excluding hydrogens is 364 g/mol. The van der Waals surface area contributed by atoms with E-state index in [0.29, 0.717) is 13.1 Å². The number of allylic oxidation sites excluding steroid dienone is 1. The second-order valence-electron chi connectivity index (χ2n) is 8.00. The molecule has 1 N–H and O–H groups in total. The number of sulfone groups is 1. The summed E-state index contributed by atoms with van der Waals surface area (Å²) < 4.78 is 23.1. The fourth-order valence-corrected chi connectivity index (χ4v) is 6.32. The maximum absolute atomic E-state index is 12.7. The van der Waals surface area contributed by atoms with Gasteiger partial charge in [-0.3, -0.25) is 9.69 Å². The normalized spacial score (nSPS) is 26.4. The highest BCUT2D eigenvalue weighted by Crippen LogP contribution is 2.42. The molecule has 0 unspecified atom stereocenters. The molecule has 1 atom stereocenters. The van der Waals surface area contributed by atoms with Crippen LogP contribution in [0, 0.1) is 5.92 Å². The molecular formula is C19H28N4O3S. The van der Waals surface area contributed by atoms with E-state index in [9.17, 15) is 13.2 Å². The Labute approximate surface area is 160 Å². The first-order valence-corrected chi connectivity index (χ1v) is 11.6. The first-order valence-electron chi connectivity index (χ1n) is 9.90. The maximum atomic E-state index is 12.7. The molecule has 1 amide bonds. The molecule has 0 bridgehead atoms. The second-order valence-corrected chi connectivity index (χ2v) is 9.93. The van der Waals surface area contributed by atoms with Gasteiger partial charge < -0.3 is 9.88 Å². The molecule has 4 rings (SSSR count). The van der Waals surface area contributed by atoms with Crippen molar-refractivity contribution in [2.75, 3.05) is 31.9 Å². The third-order valence-electron chi connectivity index (χ3n) is 6.27. The monoisotopic (exact) mass is 392 g/mol. The minimum Gasteiger partial charge on any atom is -0.348 e. The number of aromatic nitrogens is 2. The number of imidazole rings is 1. The SMILES string of the molecule is CCCN1CCc2[nH]cnc2C12CCN(C(=O)C[C@H]1C=CS(=O)(=O)C1)CC2. The largest absolute Gasteiger partial charge is 0.348 e. The topological polar surface area (TPSA) is 86.4 Å². The number of rotatable bonds is 4. The first kappa shape index (κ1) is 18.7. The van der Waals surface area contributed by atoms with E-state index in [-0.39, 0.29) is 29.5 Å². The van der Waals surface area contributed by atoms with Crippen molar-refractivity contribution < 1.29 is 13.2 Å². The molecule has 1 saturated heterocycles. The molecule has 0 aliphatic carbocycles. The zero-order chi connectivity index (χ0) is 19.1. The van der Waals surface area contributed by atoms with Crippen LogP contribution in [0.15, 0.2) is 17.8 Å². The molecule has 1 aromatic rings. The molecule has 0 aromatic carbocycles. The molecule has 3 aliphatic rings. The van der Waals surface area contributed by atoms with Crippen LogP contribution in [0.25, 0.3) is 0 Å². The number of nitrogens with zero attached hydrogens (tertiary/aromatic N) is 3. The summed E-state index contributed by atoms with van der Waals surface area (Å²) in [6.07, 6.45) is 7.62. The summed E-state index contributed by atoms with van der Waals surface area (Å²) in [6.45, 7) is 5.69. The first-order chi connectivity index (χ1) is 12.9. The Bertz CT molecular complexity index is 837. The summed E-state index contributed by atoms with van der Waals surface area (Å²) in [6, 6.07) is 0. The molecule has 27 heavy (non-hydrogen) atoms. The van der Waals surface area contributed by atoms with Crippen molar-refractivity contribution in [3.63, 3.8) is 0 Å². The van der Waals surface area contributed by atoms with Crippen molar-refractivity contribution >= 4 is 15.7 Å². The summed E-state index contributed by atoms with van der Waals surface area (Å²) in [7, 11) is -3.10. The average molecular weight is 393 g/mol. The molecule has 3 aliphatic heterocycles. The van der Waals surface area contributed by atoms with Crippen molar-refractivity contribution in [1.82, 2.24) is 19.8 Å². The van der Waals surface area contributed by atoms with Crippen molar-refractivity contribution in [2.45, 2.75) is 44.6 Å². The van der Waals surface area contributed by atoms with Crippen LogP contribution in [0.5, 0.6) is 0 Å². The highest BCUT2D eigenvalue weighted by atomic mass is 32.2. The standard InChI is InChI=1S/C19H28N4O3S/c1-2-7-23-8-3-16-18(21-14-20-16)19(23)5-9-22(10-6-19)17(24)12-15-4-11-27(25,26)13-15/h4,11,14-15H,2-3,5-10,12-13H2,1H3,(H,20,21)/t15-/m1/s1. The Kier molecular flexibility index (Phi) is 4.88. The number of hydrogen-bond acceptors (Lipinski definition) is 5. The summed E-state index contributed by atoms with van der Waals surface area (Å²) in [4.78, 5) is 25.1. The number of aromatic amines is 1. The van der Waals surface area contributed by atoms with Crippen LogP contribution >= 0.6 is 0 Å². The van der Waals surface area contributed by atoms with Crippen LogP contribution in [0.3, 0.4) is 0 Å². The molecule has 0 radical (unpaired) electrons. The van der Waals surface area contributed by atoms with Crippen LogP contribution in [0.2, 0.25) is 0 Å². The summed E-state index contributed by atoms with van der Waals surface area (Å²) in [5.41, 5.74) is 2.33. The van der Waals surface area contributed by atoms with Gasteiger partial charge in [0.2, 0.25) is 5.91 Å². The van der Waals surface area contributed by atoms with E-state index in [1.807, 2.05) is 4.90 Å². The minimum absolute atomic E-state index is 0.0664. The van der Waals surface area contributed by atoms with E-state index >= 15 is 0 Å². The number of likely N-dealkylation sites (tertiary alicyclic amines) is 1. The Morgan fingerprint density at radius 2 is 2.11 bits per heavy atom. The number of carbonyl (C=O) groups is 1. The predicted molar refractivity (Wildman–Crippen MR) is 103 cm³/mol. The Morgan fingerprint density at radius 1 is 1.33 bits per heavy atom. The van der Waals surface area contributed by atoms with Crippen LogP contribution in [-0.4, -0.2) is 66.0 Å². The van der Waals surface area contributed by atoms with Crippen LogP contribution < -0.4 is 0 Å². The number of fused-ring (bicyclic) bond motifs is 2. The third kappa shape index (κ3) is 3.45. The highest BCUT2D eigenvalue weighted by molar-refractivity contribution is 7.94. The lowest BCUT2D eigenvalue weighted by Gasteiger charge is -2.50. The average Bonchev–Trinajstić information content (AvgIpc) is 3.25. The van der Waals surface area contributed by atoms with Gasteiger partial charge in [-0.15, -0.1) is 0 Å². The van der Waals surface area contributed by atoms with Gasteiger partial charge in [0.05, 0.1) is 23.3 Å². The van der Waals surface area contributed by atoms with Gasteiger partial charge in [0.1, 0.15) is 0 Å². The van der Waals surface area contributed by atoms with Crippen molar-refractivity contribution in [2.24, 2.45) is 5.92 Å². The lowest BCUT2D eigenvalue weighted by Crippen LogP contribution is -2.57. The molecule has 148 valence electrons. The van der Waals surface area contributed by atoms with Gasteiger partial charge in [0.25, 0.3) is 0 Å². The second kappa shape index (κ2) is 7.05. The predicted octanol–water partition coefficient (Wildman–Crippen LogP) is 1.44. The zero-order valence-corrected chi connectivity index (χ0v) is 16.7. The Balaban J connectivity index is 1.44.